The van der Waals surface area contributed by atoms with Crippen LogP contribution in [-0.4, -0.2) is 30.8 Å². The zero-order valence-corrected chi connectivity index (χ0v) is 14.4. The van der Waals surface area contributed by atoms with E-state index in [9.17, 15) is 4.79 Å². The van der Waals surface area contributed by atoms with Crippen LogP contribution in [0, 0.1) is 6.92 Å². The molecule has 1 saturated carbocycles. The standard InChI is InChI=1S/C16H24N2OS.ClH/c1-13-5-7-14(8-6-13)20-16(9-3-4-10-16)15(19)18-12-11-17-2;/h5-8,17H,3-4,9-12H2,1-2H3,(H,18,19);1H. The van der Waals surface area contributed by atoms with Gasteiger partial charge in [-0.1, -0.05) is 30.5 Å². The molecule has 2 rings (SSSR count). The van der Waals surface area contributed by atoms with E-state index in [1.165, 1.54) is 10.5 Å². The number of hydrogen-bond donors (Lipinski definition) is 2. The molecule has 1 aromatic carbocycles. The molecule has 5 heteroatoms. The first-order valence-electron chi connectivity index (χ1n) is 7.35. The molecule has 1 amide bonds. The molecule has 0 radical (unpaired) electrons. The quantitative estimate of drug-likeness (QED) is 0.788. The second-order valence-electron chi connectivity index (χ2n) is 5.48. The maximum atomic E-state index is 12.6. The lowest BCUT2D eigenvalue weighted by Crippen LogP contribution is -2.44. The molecule has 1 aromatic rings. The predicted molar refractivity (Wildman–Crippen MR) is 92.4 cm³/mol. The molecule has 21 heavy (non-hydrogen) atoms. The van der Waals surface area contributed by atoms with Crippen molar-refractivity contribution >= 4 is 30.1 Å². The van der Waals surface area contributed by atoms with Gasteiger partial charge in [0.1, 0.15) is 0 Å². The minimum absolute atomic E-state index is 0. The number of thioether (sulfide) groups is 1. The minimum Gasteiger partial charge on any atom is -0.354 e. The third-order valence-electron chi connectivity index (χ3n) is 3.82. The third-order valence-corrected chi connectivity index (χ3v) is 5.31. The van der Waals surface area contributed by atoms with Gasteiger partial charge >= 0.3 is 0 Å². The Morgan fingerprint density at radius 1 is 1.19 bits per heavy atom. The number of benzene rings is 1. The lowest BCUT2D eigenvalue weighted by Gasteiger charge is -2.27. The molecular formula is C16H25ClN2OS. The van der Waals surface area contributed by atoms with E-state index in [4.69, 9.17) is 0 Å². The van der Waals surface area contributed by atoms with Gasteiger partial charge in [0.25, 0.3) is 0 Å². The van der Waals surface area contributed by atoms with Crippen LogP contribution in [0.25, 0.3) is 0 Å². The number of rotatable bonds is 6. The van der Waals surface area contributed by atoms with Crippen molar-refractivity contribution in [3.8, 4) is 0 Å². The summed E-state index contributed by atoms with van der Waals surface area (Å²) in [5.41, 5.74) is 1.26. The van der Waals surface area contributed by atoms with Gasteiger partial charge in [-0.2, -0.15) is 0 Å². The fourth-order valence-electron chi connectivity index (χ4n) is 2.62. The van der Waals surface area contributed by atoms with Crippen LogP contribution in [0.15, 0.2) is 29.2 Å². The summed E-state index contributed by atoms with van der Waals surface area (Å²) in [6.45, 7) is 3.60. The number of likely N-dealkylation sites (N-methyl/N-ethyl adjacent to an activating group) is 1. The van der Waals surface area contributed by atoms with E-state index < -0.39 is 0 Å². The van der Waals surface area contributed by atoms with Crippen LogP contribution >= 0.6 is 24.2 Å². The van der Waals surface area contributed by atoms with E-state index in [0.29, 0.717) is 6.54 Å². The largest absolute Gasteiger partial charge is 0.354 e. The molecule has 0 saturated heterocycles. The normalized spacial score (nSPS) is 16.3. The Balaban J connectivity index is 0.00000220. The predicted octanol–water partition coefficient (Wildman–Crippen LogP) is 3.16. The second-order valence-corrected chi connectivity index (χ2v) is 6.93. The third kappa shape index (κ3) is 4.90. The topological polar surface area (TPSA) is 41.1 Å². The molecule has 0 spiro atoms. The number of amides is 1. The Kier molecular flexibility index (Phi) is 7.57. The summed E-state index contributed by atoms with van der Waals surface area (Å²) in [4.78, 5) is 13.7. The first-order chi connectivity index (χ1) is 9.66. The fourth-order valence-corrected chi connectivity index (χ4v) is 4.00. The average molecular weight is 329 g/mol. The summed E-state index contributed by atoms with van der Waals surface area (Å²) in [5.74, 6) is 0.204. The van der Waals surface area contributed by atoms with Crippen LogP contribution in [-0.2, 0) is 4.79 Å². The maximum Gasteiger partial charge on any atom is 0.236 e. The monoisotopic (exact) mass is 328 g/mol. The Labute approximate surface area is 138 Å². The van der Waals surface area contributed by atoms with Crippen LogP contribution in [0.2, 0.25) is 0 Å². The Morgan fingerprint density at radius 2 is 1.81 bits per heavy atom. The number of halogens is 1. The maximum absolute atomic E-state index is 12.6. The number of hydrogen-bond acceptors (Lipinski definition) is 3. The lowest BCUT2D eigenvalue weighted by molar-refractivity contribution is -0.123. The lowest BCUT2D eigenvalue weighted by atomic mass is 10.1. The van der Waals surface area contributed by atoms with E-state index in [1.807, 2.05) is 7.05 Å². The van der Waals surface area contributed by atoms with Gasteiger partial charge in [-0.25, -0.2) is 0 Å². The van der Waals surface area contributed by atoms with Crippen molar-refractivity contribution in [2.75, 3.05) is 20.1 Å². The van der Waals surface area contributed by atoms with Crippen LogP contribution < -0.4 is 10.6 Å². The van der Waals surface area contributed by atoms with Gasteiger partial charge in [0.2, 0.25) is 5.91 Å². The zero-order chi connectivity index (χ0) is 14.4. The number of aryl methyl sites for hydroxylation is 1. The number of carbonyl (C=O) groups is 1. The highest BCUT2D eigenvalue weighted by Gasteiger charge is 2.41. The number of nitrogens with one attached hydrogen (secondary N) is 2. The summed E-state index contributed by atoms with van der Waals surface area (Å²) in [7, 11) is 1.90. The van der Waals surface area contributed by atoms with Crippen LogP contribution in [0.3, 0.4) is 0 Å². The summed E-state index contributed by atoms with van der Waals surface area (Å²) < 4.78 is -0.261. The molecule has 3 nitrogen and oxygen atoms in total. The highest BCUT2D eigenvalue weighted by atomic mass is 35.5. The highest BCUT2D eigenvalue weighted by molar-refractivity contribution is 8.01. The molecular weight excluding hydrogens is 304 g/mol. The Hall–Kier alpha value is -0.710. The molecule has 0 atom stereocenters. The van der Waals surface area contributed by atoms with Crippen molar-refractivity contribution in [3.05, 3.63) is 29.8 Å². The molecule has 0 bridgehead atoms. The van der Waals surface area contributed by atoms with Crippen molar-refractivity contribution in [1.29, 1.82) is 0 Å². The summed E-state index contributed by atoms with van der Waals surface area (Å²) in [6, 6.07) is 8.48. The highest BCUT2D eigenvalue weighted by Crippen LogP contribution is 2.45. The molecule has 0 heterocycles. The van der Waals surface area contributed by atoms with Gasteiger partial charge in [0.15, 0.2) is 0 Å². The molecule has 1 fully saturated rings. The summed E-state index contributed by atoms with van der Waals surface area (Å²) in [6.07, 6.45) is 4.27. The van der Waals surface area contributed by atoms with E-state index in [2.05, 4.69) is 41.8 Å². The van der Waals surface area contributed by atoms with E-state index in [1.54, 1.807) is 11.8 Å². The van der Waals surface area contributed by atoms with E-state index >= 15 is 0 Å². The minimum atomic E-state index is -0.261. The van der Waals surface area contributed by atoms with Crippen molar-refractivity contribution < 1.29 is 4.79 Å². The zero-order valence-electron chi connectivity index (χ0n) is 12.8. The molecule has 1 aliphatic rings. The molecule has 0 aliphatic heterocycles. The van der Waals surface area contributed by atoms with Crippen LogP contribution in [0.1, 0.15) is 31.2 Å². The molecule has 1 aliphatic carbocycles. The molecule has 118 valence electrons. The summed E-state index contributed by atoms with van der Waals surface area (Å²) >= 11 is 1.74. The van der Waals surface area contributed by atoms with Crippen molar-refractivity contribution in [1.82, 2.24) is 10.6 Å². The Morgan fingerprint density at radius 3 is 2.38 bits per heavy atom. The SMILES string of the molecule is CNCCNC(=O)C1(Sc2ccc(C)cc2)CCCC1.Cl. The fraction of sp³-hybridized carbons (Fsp3) is 0.562. The second kappa shape index (κ2) is 8.66. The van der Waals surface area contributed by atoms with Gasteiger partial charge in [0, 0.05) is 18.0 Å². The molecule has 2 N–H and O–H groups in total. The van der Waals surface area contributed by atoms with Gasteiger partial charge in [-0.05, 0) is 38.9 Å². The van der Waals surface area contributed by atoms with Crippen LogP contribution in [0.4, 0.5) is 0 Å². The van der Waals surface area contributed by atoms with Crippen molar-refractivity contribution in [2.24, 2.45) is 0 Å². The van der Waals surface area contributed by atoms with Gasteiger partial charge in [0.05, 0.1) is 4.75 Å². The molecule has 0 aromatic heterocycles. The van der Waals surface area contributed by atoms with Gasteiger partial charge < -0.3 is 10.6 Å². The van der Waals surface area contributed by atoms with Gasteiger partial charge in [-0.15, -0.1) is 24.2 Å². The van der Waals surface area contributed by atoms with E-state index in [-0.39, 0.29) is 23.1 Å². The average Bonchev–Trinajstić information content (AvgIpc) is 2.91. The first kappa shape index (κ1) is 18.3. The van der Waals surface area contributed by atoms with Crippen molar-refractivity contribution in [2.45, 2.75) is 42.2 Å². The van der Waals surface area contributed by atoms with Gasteiger partial charge in [-0.3, -0.25) is 4.79 Å². The van der Waals surface area contributed by atoms with Crippen LogP contribution in [0.5, 0.6) is 0 Å². The van der Waals surface area contributed by atoms with E-state index in [0.717, 1.165) is 32.2 Å². The molecule has 0 unspecified atom stereocenters. The Bertz CT molecular complexity index is 444. The smallest absolute Gasteiger partial charge is 0.236 e. The summed E-state index contributed by atoms with van der Waals surface area (Å²) in [5, 5.41) is 6.14. The first-order valence-corrected chi connectivity index (χ1v) is 8.16. The van der Waals surface area contributed by atoms with Crippen molar-refractivity contribution in [3.63, 3.8) is 0 Å². The number of carbonyl (C=O) groups excluding carboxylic acids is 1.